The molecule has 10 atom stereocenters. The third-order valence-electron chi connectivity index (χ3n) is 9.63. The van der Waals surface area contributed by atoms with Crippen LogP contribution in [0, 0.1) is 34.0 Å². The summed E-state index contributed by atoms with van der Waals surface area (Å²) in [5.74, 6) is -4.62. The van der Waals surface area contributed by atoms with Crippen LogP contribution in [0.4, 0.5) is 4.39 Å². The van der Waals surface area contributed by atoms with Gasteiger partial charge in [0.05, 0.1) is 20.7 Å². The second-order valence-corrected chi connectivity index (χ2v) is 12.3. The van der Waals surface area contributed by atoms with Crippen molar-refractivity contribution in [3.8, 4) is 0 Å². The van der Waals surface area contributed by atoms with Crippen LogP contribution in [0.25, 0.3) is 0 Å². The number of halogens is 4. The van der Waals surface area contributed by atoms with Crippen LogP contribution in [0.15, 0.2) is 22.8 Å². The van der Waals surface area contributed by atoms with Gasteiger partial charge in [0.25, 0.3) is 0 Å². The third-order valence-corrected chi connectivity index (χ3v) is 11.5. The summed E-state index contributed by atoms with van der Waals surface area (Å²) in [6.45, 7) is 4.12. The monoisotopic (exact) mass is 536 g/mol. The van der Waals surface area contributed by atoms with Crippen LogP contribution in [0.5, 0.6) is 0 Å². The molecule has 0 aliphatic heterocycles. The number of carbonyl (C=O) groups excluding carboxylic acids is 2. The molecule has 0 aromatic rings. The fraction of sp³-hybridized carbons (Fsp3) is 0.708. The molecule has 4 aliphatic rings. The average Bonchev–Trinajstić information content (AvgIpc) is 2.98. The molecule has 4 rings (SSSR count). The summed E-state index contributed by atoms with van der Waals surface area (Å²) in [4.78, 5) is 36.2. The Morgan fingerprint density at radius 1 is 1.26 bits per heavy atom. The first kappa shape index (κ1) is 26.1. The smallest absolute Gasteiger partial charge is 0.333 e. The zero-order chi connectivity index (χ0) is 25.6. The number of Topliss-reactive ketones (excluding diaryl/α,β-unsaturated/α-hetero) is 1. The molecule has 4 aliphatic carbocycles. The number of hydrogen-bond acceptors (Lipinski definition) is 5. The van der Waals surface area contributed by atoms with E-state index in [-0.39, 0.29) is 29.9 Å². The lowest BCUT2D eigenvalue weighted by Gasteiger charge is -2.65. The van der Waals surface area contributed by atoms with E-state index >= 15 is 4.39 Å². The maximum absolute atomic E-state index is 15.7. The quantitative estimate of drug-likeness (QED) is 0.472. The number of aliphatic hydroxyl groups excluding tert-OH is 2. The lowest BCUT2D eigenvalue weighted by atomic mass is 9.43. The topological polar surface area (TPSA) is 112 Å². The molecule has 3 fully saturated rings. The number of carboxylic acid groups (broad SMARTS) is 1. The highest BCUT2D eigenvalue weighted by Gasteiger charge is 2.77. The molecule has 10 heteroatoms. The molecule has 1 unspecified atom stereocenters. The molecule has 0 saturated heterocycles. The van der Waals surface area contributed by atoms with Gasteiger partial charge in [-0.05, 0) is 60.2 Å². The van der Waals surface area contributed by atoms with Crippen molar-refractivity contribution in [2.75, 3.05) is 6.61 Å². The summed E-state index contributed by atoms with van der Waals surface area (Å²) in [6, 6.07) is 0. The lowest BCUT2D eigenvalue weighted by Crippen LogP contribution is -2.69. The van der Waals surface area contributed by atoms with E-state index in [0.29, 0.717) is 0 Å². The van der Waals surface area contributed by atoms with Crippen LogP contribution in [-0.2, 0) is 14.4 Å². The number of aliphatic carboxylic acids is 1. The Morgan fingerprint density at radius 2 is 1.88 bits per heavy atom. The molecule has 34 heavy (non-hydrogen) atoms. The van der Waals surface area contributed by atoms with E-state index in [1.54, 1.807) is 20.8 Å². The van der Waals surface area contributed by atoms with Gasteiger partial charge in [-0.3, -0.25) is 9.59 Å². The fourth-order valence-corrected chi connectivity index (χ4v) is 9.70. The SMILES string of the molecule is C[C@@H]1C[C@H]2[C@@H]3C[C@@H](F)C4=CC(=O)C(Cl)=C[C@]4(C)[C@@]3(Cl)[C@@H](Cl)C[C@]2(C)[C@]1(C(=O)CO)C(O)C(=O)O. The Morgan fingerprint density at radius 3 is 2.44 bits per heavy atom. The highest BCUT2D eigenvalue weighted by Crippen LogP contribution is 2.75. The zero-order valence-corrected chi connectivity index (χ0v) is 21.3. The van der Waals surface area contributed by atoms with Crippen LogP contribution in [0.2, 0.25) is 0 Å². The first-order chi connectivity index (χ1) is 15.6. The van der Waals surface area contributed by atoms with Gasteiger partial charge < -0.3 is 15.3 Å². The minimum Gasteiger partial charge on any atom is -0.479 e. The molecule has 0 amide bonds. The van der Waals surface area contributed by atoms with Crippen LogP contribution in [0.3, 0.4) is 0 Å². The van der Waals surface area contributed by atoms with E-state index in [1.165, 1.54) is 12.2 Å². The molecule has 0 heterocycles. The standard InChI is InChI=1S/C24H28Cl3FO6/c1-10-4-11-12-5-15(28)13-6-16(30)14(25)7-22(13,3)24(12,27)17(26)8-21(11,2)23(10,18(31)9-29)19(32)20(33)34/h6-7,10-12,15,17,19,29,32H,4-5,8-9H2,1-3H3,(H,33,34)/t10-,11+,12+,15-,17+,19?,21+,22+,23-,24+/m1/s1. The number of allylic oxidation sites excluding steroid dienone is 4. The van der Waals surface area contributed by atoms with Gasteiger partial charge in [0, 0.05) is 5.41 Å². The van der Waals surface area contributed by atoms with E-state index in [2.05, 4.69) is 0 Å². The summed E-state index contributed by atoms with van der Waals surface area (Å²) in [6.07, 6.45) is -0.705. The van der Waals surface area contributed by atoms with Gasteiger partial charge in [-0.15, -0.1) is 23.2 Å². The Kier molecular flexibility index (Phi) is 6.14. The van der Waals surface area contributed by atoms with Gasteiger partial charge in [0.1, 0.15) is 12.8 Å². The molecule has 6 nitrogen and oxygen atoms in total. The van der Waals surface area contributed by atoms with Crippen molar-refractivity contribution in [2.24, 2.45) is 34.0 Å². The van der Waals surface area contributed by atoms with E-state index in [4.69, 9.17) is 34.8 Å². The second kappa shape index (κ2) is 8.01. The van der Waals surface area contributed by atoms with Gasteiger partial charge in [-0.2, -0.15) is 0 Å². The van der Waals surface area contributed by atoms with Gasteiger partial charge in [-0.25, -0.2) is 9.18 Å². The van der Waals surface area contributed by atoms with Crippen LogP contribution in [-0.4, -0.2) is 62.0 Å². The van der Waals surface area contributed by atoms with Crippen LogP contribution >= 0.6 is 34.8 Å². The van der Waals surface area contributed by atoms with Crippen molar-refractivity contribution in [3.63, 3.8) is 0 Å². The number of hydrogen-bond donors (Lipinski definition) is 3. The van der Waals surface area contributed by atoms with Crippen molar-refractivity contribution >= 4 is 52.3 Å². The maximum atomic E-state index is 15.7. The molecule has 188 valence electrons. The summed E-state index contributed by atoms with van der Waals surface area (Å²) in [7, 11) is 0. The molecule has 0 bridgehead atoms. The lowest BCUT2D eigenvalue weighted by molar-refractivity contribution is -0.181. The average molecular weight is 538 g/mol. The van der Waals surface area contributed by atoms with Gasteiger partial charge >= 0.3 is 5.97 Å². The minimum absolute atomic E-state index is 0.0405. The zero-order valence-electron chi connectivity index (χ0n) is 19.0. The first-order valence-electron chi connectivity index (χ1n) is 11.3. The Balaban J connectivity index is 1.93. The predicted octanol–water partition coefficient (Wildman–Crippen LogP) is 3.63. The van der Waals surface area contributed by atoms with Gasteiger partial charge in [-0.1, -0.05) is 32.4 Å². The molecule has 3 saturated carbocycles. The number of fused-ring (bicyclic) bond motifs is 5. The van der Waals surface area contributed by atoms with Crippen LogP contribution < -0.4 is 0 Å². The summed E-state index contributed by atoms with van der Waals surface area (Å²) >= 11 is 20.6. The third kappa shape index (κ3) is 2.85. The Labute approximate surface area is 212 Å². The first-order valence-corrected chi connectivity index (χ1v) is 12.5. The van der Waals surface area contributed by atoms with Crippen molar-refractivity contribution in [3.05, 3.63) is 22.8 Å². The number of alkyl halides is 3. The number of rotatable bonds is 4. The van der Waals surface area contributed by atoms with E-state index in [0.717, 1.165) is 0 Å². The largest absolute Gasteiger partial charge is 0.479 e. The normalized spacial score (nSPS) is 48.7. The van der Waals surface area contributed by atoms with Gasteiger partial charge in [0.2, 0.25) is 0 Å². The number of carboxylic acids is 1. The Hall–Kier alpha value is -0.990. The summed E-state index contributed by atoms with van der Waals surface area (Å²) in [5.41, 5.74) is -4.01. The van der Waals surface area contributed by atoms with Crippen molar-refractivity contribution < 1.29 is 34.1 Å². The van der Waals surface area contributed by atoms with E-state index in [1.807, 2.05) is 0 Å². The molecule has 3 N–H and O–H groups in total. The highest BCUT2D eigenvalue weighted by molar-refractivity contribution is 6.45. The summed E-state index contributed by atoms with van der Waals surface area (Å²) in [5, 5.41) is 29.5. The second-order valence-electron chi connectivity index (χ2n) is 10.8. The molecule has 0 spiro atoms. The number of carbonyl (C=O) groups is 3. The predicted molar refractivity (Wildman–Crippen MR) is 125 cm³/mol. The molecular weight excluding hydrogens is 510 g/mol. The Bertz CT molecular complexity index is 1030. The van der Waals surface area contributed by atoms with Crippen molar-refractivity contribution in [2.45, 2.75) is 62.6 Å². The minimum atomic E-state index is -2.08. The number of ketones is 2. The van der Waals surface area contributed by atoms with Gasteiger partial charge in [0.15, 0.2) is 17.7 Å². The molecule has 0 radical (unpaired) electrons. The molecule has 0 aromatic heterocycles. The fourth-order valence-electron chi connectivity index (χ4n) is 8.24. The van der Waals surface area contributed by atoms with Crippen LogP contribution in [0.1, 0.15) is 40.0 Å². The van der Waals surface area contributed by atoms with Crippen molar-refractivity contribution in [1.29, 1.82) is 0 Å². The summed E-state index contributed by atoms with van der Waals surface area (Å²) < 4.78 is 15.7. The molecular formula is C24H28Cl3FO6. The highest BCUT2D eigenvalue weighted by atomic mass is 35.5. The van der Waals surface area contributed by atoms with E-state index < -0.39 is 80.7 Å². The number of aliphatic hydroxyl groups is 2. The van der Waals surface area contributed by atoms with E-state index in [9.17, 15) is 29.7 Å². The van der Waals surface area contributed by atoms with Crippen molar-refractivity contribution in [1.82, 2.24) is 0 Å². The molecule has 0 aromatic carbocycles. The maximum Gasteiger partial charge on any atom is 0.333 e.